The first-order valence-electron chi connectivity index (χ1n) is 8.22. The molecule has 5 nitrogen and oxygen atoms in total. The Balaban J connectivity index is 1.66. The third-order valence-electron chi connectivity index (χ3n) is 4.64. The number of hydrogen-bond acceptors (Lipinski definition) is 3. The van der Waals surface area contributed by atoms with Crippen molar-refractivity contribution < 1.29 is 4.79 Å². The lowest BCUT2D eigenvalue weighted by molar-refractivity contribution is 0.0746. The van der Waals surface area contributed by atoms with Crippen molar-refractivity contribution in [1.29, 1.82) is 0 Å². The molecule has 23 heavy (non-hydrogen) atoms. The molecule has 3 rings (SSSR count). The Bertz CT molecular complexity index is 699. The van der Waals surface area contributed by atoms with Gasteiger partial charge in [-0.3, -0.25) is 4.79 Å². The van der Waals surface area contributed by atoms with E-state index in [0.29, 0.717) is 0 Å². The molecular formula is C18H24N4O. The third kappa shape index (κ3) is 3.09. The van der Waals surface area contributed by atoms with Crippen LogP contribution >= 0.6 is 0 Å². The second kappa shape index (κ2) is 6.44. The molecule has 0 aliphatic carbocycles. The maximum Gasteiger partial charge on any atom is 0.253 e. The van der Waals surface area contributed by atoms with Crippen LogP contribution in [-0.2, 0) is 6.54 Å². The number of anilines is 1. The Hall–Kier alpha value is -2.30. The summed E-state index contributed by atoms with van der Waals surface area (Å²) in [5.41, 5.74) is 3.17. The van der Waals surface area contributed by atoms with Crippen molar-refractivity contribution in [3.8, 4) is 0 Å². The van der Waals surface area contributed by atoms with Gasteiger partial charge < -0.3 is 14.4 Å². The summed E-state index contributed by atoms with van der Waals surface area (Å²) in [5, 5.41) is 0. The number of imidazole rings is 1. The van der Waals surface area contributed by atoms with Crippen LogP contribution in [0.15, 0.2) is 30.6 Å². The minimum atomic E-state index is 0.131. The summed E-state index contributed by atoms with van der Waals surface area (Å²) in [6, 6.07) is 5.95. The fourth-order valence-corrected chi connectivity index (χ4v) is 3.00. The van der Waals surface area contributed by atoms with Crippen LogP contribution in [0.25, 0.3) is 0 Å². The largest absolute Gasteiger partial charge is 0.339 e. The molecule has 0 radical (unpaired) electrons. The number of piperazine rings is 1. The number of hydrogen-bond donors (Lipinski definition) is 0. The van der Waals surface area contributed by atoms with Gasteiger partial charge in [0, 0.05) is 50.7 Å². The second-order valence-electron chi connectivity index (χ2n) is 6.09. The first kappa shape index (κ1) is 15.6. The van der Waals surface area contributed by atoms with E-state index < -0.39 is 0 Å². The van der Waals surface area contributed by atoms with Crippen LogP contribution in [0.4, 0.5) is 5.95 Å². The fourth-order valence-electron chi connectivity index (χ4n) is 3.00. The Kier molecular flexibility index (Phi) is 4.37. The Morgan fingerprint density at radius 3 is 2.52 bits per heavy atom. The predicted octanol–water partition coefficient (Wildman–Crippen LogP) is 2.48. The summed E-state index contributed by atoms with van der Waals surface area (Å²) < 4.78 is 2.14. The third-order valence-corrected chi connectivity index (χ3v) is 4.64. The number of carbonyl (C=O) groups is 1. The van der Waals surface area contributed by atoms with Gasteiger partial charge in [-0.15, -0.1) is 0 Å². The van der Waals surface area contributed by atoms with Crippen LogP contribution in [0, 0.1) is 13.8 Å². The highest BCUT2D eigenvalue weighted by molar-refractivity contribution is 5.94. The molecule has 1 saturated heterocycles. The average Bonchev–Trinajstić information content (AvgIpc) is 3.05. The molecule has 0 N–H and O–H groups in total. The second-order valence-corrected chi connectivity index (χ2v) is 6.09. The van der Waals surface area contributed by atoms with Crippen LogP contribution in [0.5, 0.6) is 0 Å². The number of nitrogens with zero attached hydrogens (tertiary/aromatic N) is 4. The molecular weight excluding hydrogens is 288 g/mol. The number of rotatable bonds is 3. The van der Waals surface area contributed by atoms with Crippen molar-refractivity contribution in [2.45, 2.75) is 27.3 Å². The van der Waals surface area contributed by atoms with Crippen LogP contribution < -0.4 is 4.90 Å². The van der Waals surface area contributed by atoms with Crippen molar-refractivity contribution >= 4 is 11.9 Å². The minimum absolute atomic E-state index is 0.131. The van der Waals surface area contributed by atoms with Gasteiger partial charge in [-0.2, -0.15) is 0 Å². The van der Waals surface area contributed by atoms with E-state index in [4.69, 9.17) is 0 Å². The van der Waals surface area contributed by atoms with Gasteiger partial charge in [-0.25, -0.2) is 4.98 Å². The van der Waals surface area contributed by atoms with Crippen molar-refractivity contribution in [3.05, 3.63) is 47.3 Å². The van der Waals surface area contributed by atoms with E-state index >= 15 is 0 Å². The quantitative estimate of drug-likeness (QED) is 0.874. The van der Waals surface area contributed by atoms with E-state index in [1.54, 1.807) is 0 Å². The maximum atomic E-state index is 12.7. The lowest BCUT2D eigenvalue weighted by Crippen LogP contribution is -2.49. The molecule has 1 aliphatic rings. The zero-order valence-electron chi connectivity index (χ0n) is 14.1. The fraction of sp³-hybridized carbons (Fsp3) is 0.444. The molecule has 0 bridgehead atoms. The first-order valence-corrected chi connectivity index (χ1v) is 8.22. The average molecular weight is 312 g/mol. The normalized spacial score (nSPS) is 15.1. The van der Waals surface area contributed by atoms with Gasteiger partial charge in [0.15, 0.2) is 0 Å². The Morgan fingerprint density at radius 1 is 1.13 bits per heavy atom. The first-order chi connectivity index (χ1) is 11.1. The van der Waals surface area contributed by atoms with Gasteiger partial charge in [0.1, 0.15) is 0 Å². The zero-order chi connectivity index (χ0) is 16.4. The van der Waals surface area contributed by atoms with Crippen LogP contribution in [0.1, 0.15) is 28.4 Å². The van der Waals surface area contributed by atoms with Gasteiger partial charge in [-0.1, -0.05) is 6.07 Å². The Labute approximate surface area is 137 Å². The molecule has 122 valence electrons. The van der Waals surface area contributed by atoms with Gasteiger partial charge in [0.25, 0.3) is 5.91 Å². The smallest absolute Gasteiger partial charge is 0.253 e. The number of aryl methyl sites for hydroxylation is 3. The monoisotopic (exact) mass is 312 g/mol. The molecule has 2 heterocycles. The summed E-state index contributed by atoms with van der Waals surface area (Å²) in [4.78, 5) is 21.3. The van der Waals surface area contributed by atoms with Gasteiger partial charge in [-0.05, 0) is 44.0 Å². The predicted molar refractivity (Wildman–Crippen MR) is 91.9 cm³/mol. The summed E-state index contributed by atoms with van der Waals surface area (Å²) in [6.07, 6.45) is 3.84. The summed E-state index contributed by atoms with van der Waals surface area (Å²) in [6.45, 7) is 10.3. The lowest BCUT2D eigenvalue weighted by atomic mass is 10.1. The molecule has 1 aromatic carbocycles. The van der Waals surface area contributed by atoms with Gasteiger partial charge in [0.2, 0.25) is 5.95 Å². The molecule has 0 unspecified atom stereocenters. The molecule has 0 atom stereocenters. The van der Waals surface area contributed by atoms with Crippen LogP contribution in [0.2, 0.25) is 0 Å². The molecule has 0 spiro atoms. The molecule has 1 aliphatic heterocycles. The topological polar surface area (TPSA) is 41.4 Å². The van der Waals surface area contributed by atoms with Crippen molar-refractivity contribution in [3.63, 3.8) is 0 Å². The summed E-state index contributed by atoms with van der Waals surface area (Å²) in [5.74, 6) is 1.14. The minimum Gasteiger partial charge on any atom is -0.339 e. The van der Waals surface area contributed by atoms with Crippen LogP contribution in [-0.4, -0.2) is 46.5 Å². The molecule has 2 aromatic rings. The zero-order valence-corrected chi connectivity index (χ0v) is 14.1. The Morgan fingerprint density at radius 2 is 1.87 bits per heavy atom. The summed E-state index contributed by atoms with van der Waals surface area (Å²) >= 11 is 0. The molecule has 1 aromatic heterocycles. The van der Waals surface area contributed by atoms with Crippen molar-refractivity contribution in [2.24, 2.45) is 0 Å². The van der Waals surface area contributed by atoms with Crippen molar-refractivity contribution in [1.82, 2.24) is 14.5 Å². The highest BCUT2D eigenvalue weighted by atomic mass is 16.2. The molecule has 1 fully saturated rings. The molecule has 1 amide bonds. The van der Waals surface area contributed by atoms with E-state index in [2.05, 4.69) is 35.2 Å². The number of aromatic nitrogens is 2. The van der Waals surface area contributed by atoms with E-state index in [9.17, 15) is 4.79 Å². The van der Waals surface area contributed by atoms with Crippen molar-refractivity contribution in [2.75, 3.05) is 31.1 Å². The van der Waals surface area contributed by atoms with Gasteiger partial charge >= 0.3 is 0 Å². The lowest BCUT2D eigenvalue weighted by Gasteiger charge is -2.35. The number of carbonyl (C=O) groups excluding carboxylic acids is 1. The van der Waals surface area contributed by atoms with Gasteiger partial charge in [0.05, 0.1) is 0 Å². The van der Waals surface area contributed by atoms with Crippen LogP contribution in [0.3, 0.4) is 0 Å². The van der Waals surface area contributed by atoms with E-state index in [0.717, 1.165) is 44.2 Å². The maximum absolute atomic E-state index is 12.7. The molecule has 5 heteroatoms. The summed E-state index contributed by atoms with van der Waals surface area (Å²) in [7, 11) is 0. The highest BCUT2D eigenvalue weighted by Gasteiger charge is 2.24. The highest BCUT2D eigenvalue weighted by Crippen LogP contribution is 2.17. The van der Waals surface area contributed by atoms with E-state index in [1.165, 1.54) is 11.1 Å². The molecule has 0 saturated carbocycles. The van der Waals surface area contributed by atoms with E-state index in [-0.39, 0.29) is 5.91 Å². The SMILES string of the molecule is CCn1ccnc1N1CCN(C(=O)c2ccc(C)c(C)c2)CC1. The standard InChI is InChI=1S/C18H24N4O/c1-4-20-8-7-19-18(20)22-11-9-21(10-12-22)17(23)16-6-5-14(2)15(3)13-16/h5-8,13H,4,9-12H2,1-3H3. The van der Waals surface area contributed by atoms with E-state index in [1.807, 2.05) is 35.5 Å². The number of benzene rings is 1. The number of amides is 1.